The Kier molecular flexibility index (Phi) is 6.11. The second-order valence-corrected chi connectivity index (χ2v) is 6.58. The van der Waals surface area contributed by atoms with Gasteiger partial charge in [0.1, 0.15) is 6.10 Å². The smallest absolute Gasteiger partial charge is 0.253 e. The van der Waals surface area contributed by atoms with Crippen LogP contribution in [0.15, 0.2) is 24.3 Å². The van der Waals surface area contributed by atoms with Crippen LogP contribution in [-0.4, -0.2) is 38.7 Å². The van der Waals surface area contributed by atoms with Crippen molar-refractivity contribution < 1.29 is 9.53 Å². The van der Waals surface area contributed by atoms with Gasteiger partial charge in [0, 0.05) is 12.1 Å². The molecule has 1 heterocycles. The molecule has 134 valence electrons. The number of nitrogens with one attached hydrogen (secondary N) is 2. The van der Waals surface area contributed by atoms with Gasteiger partial charge in [-0.3, -0.25) is 4.79 Å². The molecular weight excluding hydrogens is 318 g/mol. The highest BCUT2D eigenvalue weighted by Gasteiger charge is 2.20. The van der Waals surface area contributed by atoms with Gasteiger partial charge in [0.15, 0.2) is 5.82 Å². The molecule has 1 fully saturated rings. The van der Waals surface area contributed by atoms with E-state index in [4.69, 9.17) is 4.74 Å². The lowest BCUT2D eigenvalue weighted by Gasteiger charge is -2.20. The van der Waals surface area contributed by atoms with Gasteiger partial charge in [-0.1, -0.05) is 43.0 Å². The van der Waals surface area contributed by atoms with Crippen molar-refractivity contribution >= 4 is 11.6 Å². The Bertz CT molecular complexity index is 649. The second kappa shape index (κ2) is 8.71. The zero-order valence-electron chi connectivity index (χ0n) is 14.6. The molecule has 1 aromatic heterocycles. The Morgan fingerprint density at radius 3 is 2.60 bits per heavy atom. The fourth-order valence-electron chi connectivity index (χ4n) is 3.12. The number of ether oxygens (including phenoxy) is 1. The summed E-state index contributed by atoms with van der Waals surface area (Å²) in [5.74, 6) is 0.539. The minimum atomic E-state index is -0.442. The van der Waals surface area contributed by atoms with E-state index in [-0.39, 0.29) is 12.0 Å². The first-order valence-corrected chi connectivity index (χ1v) is 8.98. The third-order valence-corrected chi connectivity index (χ3v) is 4.54. The van der Waals surface area contributed by atoms with Crippen molar-refractivity contribution in [3.05, 3.63) is 35.7 Å². The van der Waals surface area contributed by atoms with E-state index in [1.54, 1.807) is 0 Å². The van der Waals surface area contributed by atoms with Gasteiger partial charge in [-0.2, -0.15) is 5.21 Å². The molecule has 0 bridgehead atoms. The number of tetrazole rings is 1. The molecule has 7 nitrogen and oxygen atoms in total. The summed E-state index contributed by atoms with van der Waals surface area (Å²) in [5, 5.41) is 16.8. The van der Waals surface area contributed by atoms with Crippen LogP contribution in [0.25, 0.3) is 0 Å². The van der Waals surface area contributed by atoms with Crippen molar-refractivity contribution in [3.63, 3.8) is 0 Å². The molecule has 7 heteroatoms. The SMILES string of the molecule is CC(OC1CCCCCC1)C(=O)Nc1ccc(Cc2nn[nH]n2)cc1. The van der Waals surface area contributed by atoms with E-state index in [1.165, 1.54) is 25.7 Å². The Morgan fingerprint density at radius 2 is 1.96 bits per heavy atom. The van der Waals surface area contributed by atoms with Crippen molar-refractivity contribution in [2.75, 3.05) is 5.32 Å². The second-order valence-electron chi connectivity index (χ2n) is 6.58. The van der Waals surface area contributed by atoms with Crippen LogP contribution in [-0.2, 0) is 16.0 Å². The van der Waals surface area contributed by atoms with E-state index < -0.39 is 6.10 Å². The maximum atomic E-state index is 12.3. The summed E-state index contributed by atoms with van der Waals surface area (Å²) in [4.78, 5) is 12.3. The molecule has 1 amide bonds. The molecule has 2 N–H and O–H groups in total. The number of carbonyl (C=O) groups is 1. The van der Waals surface area contributed by atoms with Gasteiger partial charge in [0.05, 0.1) is 6.10 Å². The Hall–Kier alpha value is -2.28. The summed E-state index contributed by atoms with van der Waals surface area (Å²) in [5.41, 5.74) is 1.82. The first-order chi connectivity index (χ1) is 12.2. The van der Waals surface area contributed by atoms with Crippen LogP contribution in [0.4, 0.5) is 5.69 Å². The van der Waals surface area contributed by atoms with Crippen LogP contribution in [0.2, 0.25) is 0 Å². The van der Waals surface area contributed by atoms with E-state index in [0.717, 1.165) is 24.1 Å². The summed E-state index contributed by atoms with van der Waals surface area (Å²) < 4.78 is 5.96. The molecule has 0 aliphatic heterocycles. The number of aromatic amines is 1. The van der Waals surface area contributed by atoms with Gasteiger partial charge in [0.25, 0.3) is 5.91 Å². The standard InChI is InChI=1S/C18H25N5O2/c1-13(25-16-6-4-2-3-5-7-16)18(24)19-15-10-8-14(9-11-15)12-17-20-22-23-21-17/h8-11,13,16H,2-7,12H2,1H3,(H,19,24)(H,20,21,22,23). The van der Waals surface area contributed by atoms with Crippen LogP contribution in [0.3, 0.4) is 0 Å². The Morgan fingerprint density at radius 1 is 1.24 bits per heavy atom. The highest BCUT2D eigenvalue weighted by atomic mass is 16.5. The van der Waals surface area contributed by atoms with Gasteiger partial charge < -0.3 is 10.1 Å². The van der Waals surface area contributed by atoms with Crippen molar-refractivity contribution in [2.24, 2.45) is 0 Å². The van der Waals surface area contributed by atoms with E-state index >= 15 is 0 Å². The number of aromatic nitrogens is 4. The summed E-state index contributed by atoms with van der Waals surface area (Å²) in [6.07, 6.45) is 7.42. The maximum absolute atomic E-state index is 12.3. The molecule has 25 heavy (non-hydrogen) atoms. The maximum Gasteiger partial charge on any atom is 0.253 e. The first-order valence-electron chi connectivity index (χ1n) is 8.98. The number of carbonyl (C=O) groups excluding carboxylic acids is 1. The van der Waals surface area contributed by atoms with Crippen LogP contribution in [0.5, 0.6) is 0 Å². The van der Waals surface area contributed by atoms with Crippen LogP contribution in [0.1, 0.15) is 56.8 Å². The van der Waals surface area contributed by atoms with Gasteiger partial charge in [-0.05, 0) is 37.5 Å². The molecule has 0 saturated heterocycles. The first kappa shape index (κ1) is 17.5. The Labute approximate surface area is 147 Å². The monoisotopic (exact) mass is 343 g/mol. The van der Waals surface area contributed by atoms with Crippen molar-refractivity contribution in [1.29, 1.82) is 0 Å². The number of anilines is 1. The quantitative estimate of drug-likeness (QED) is 0.787. The molecule has 1 aromatic carbocycles. The molecule has 1 saturated carbocycles. The summed E-state index contributed by atoms with van der Waals surface area (Å²) in [6.45, 7) is 1.82. The lowest BCUT2D eigenvalue weighted by atomic mass is 10.1. The number of amides is 1. The molecule has 1 aliphatic rings. The van der Waals surface area contributed by atoms with E-state index in [2.05, 4.69) is 25.9 Å². The number of hydrogen-bond donors (Lipinski definition) is 2. The fraction of sp³-hybridized carbons (Fsp3) is 0.556. The molecule has 0 spiro atoms. The van der Waals surface area contributed by atoms with Gasteiger partial charge >= 0.3 is 0 Å². The molecule has 1 unspecified atom stereocenters. The van der Waals surface area contributed by atoms with Crippen LogP contribution < -0.4 is 5.32 Å². The molecule has 1 aliphatic carbocycles. The van der Waals surface area contributed by atoms with E-state index in [9.17, 15) is 4.79 Å². The van der Waals surface area contributed by atoms with Gasteiger partial charge in [0.2, 0.25) is 0 Å². The molecule has 1 atom stereocenters. The van der Waals surface area contributed by atoms with Crippen molar-refractivity contribution in [1.82, 2.24) is 20.6 Å². The van der Waals surface area contributed by atoms with E-state index in [0.29, 0.717) is 12.2 Å². The molecular formula is C18H25N5O2. The van der Waals surface area contributed by atoms with Crippen LogP contribution >= 0.6 is 0 Å². The minimum Gasteiger partial charge on any atom is -0.365 e. The molecule has 2 aromatic rings. The lowest BCUT2D eigenvalue weighted by molar-refractivity contribution is -0.130. The predicted molar refractivity (Wildman–Crippen MR) is 94.1 cm³/mol. The van der Waals surface area contributed by atoms with Crippen LogP contribution in [0, 0.1) is 0 Å². The number of nitrogens with zero attached hydrogens (tertiary/aromatic N) is 3. The largest absolute Gasteiger partial charge is 0.365 e. The summed E-state index contributed by atoms with van der Waals surface area (Å²) in [6, 6.07) is 7.66. The Balaban J connectivity index is 1.49. The van der Waals surface area contributed by atoms with Gasteiger partial charge in [-0.15, -0.1) is 10.2 Å². The van der Waals surface area contributed by atoms with Crippen molar-refractivity contribution in [3.8, 4) is 0 Å². The third kappa shape index (κ3) is 5.35. The fourth-order valence-corrected chi connectivity index (χ4v) is 3.12. The minimum absolute atomic E-state index is 0.102. The van der Waals surface area contributed by atoms with E-state index in [1.807, 2.05) is 31.2 Å². The number of rotatable bonds is 6. The van der Waals surface area contributed by atoms with Crippen molar-refractivity contribution in [2.45, 2.75) is 64.1 Å². The zero-order chi connectivity index (χ0) is 17.5. The number of H-pyrrole nitrogens is 1. The number of benzene rings is 1. The zero-order valence-corrected chi connectivity index (χ0v) is 14.6. The van der Waals surface area contributed by atoms with Gasteiger partial charge in [-0.25, -0.2) is 0 Å². The molecule has 0 radical (unpaired) electrons. The predicted octanol–water partition coefficient (Wildman–Crippen LogP) is 2.86. The summed E-state index contributed by atoms with van der Waals surface area (Å²) in [7, 11) is 0. The molecule has 3 rings (SSSR count). The lowest BCUT2D eigenvalue weighted by Crippen LogP contribution is -2.31. The number of hydrogen-bond acceptors (Lipinski definition) is 5. The average Bonchev–Trinajstić information content (AvgIpc) is 2.99. The average molecular weight is 343 g/mol. The third-order valence-electron chi connectivity index (χ3n) is 4.54. The topological polar surface area (TPSA) is 92.8 Å². The normalized spacial score (nSPS) is 17.0. The summed E-state index contributed by atoms with van der Waals surface area (Å²) >= 11 is 0. The highest BCUT2D eigenvalue weighted by Crippen LogP contribution is 2.21. The highest BCUT2D eigenvalue weighted by molar-refractivity contribution is 5.93.